The van der Waals surface area contributed by atoms with Gasteiger partial charge in [0.25, 0.3) is 5.56 Å². The first-order valence-electron chi connectivity index (χ1n) is 7.41. The van der Waals surface area contributed by atoms with Gasteiger partial charge in [-0.1, -0.05) is 26.0 Å². The third-order valence-corrected chi connectivity index (χ3v) is 3.87. The number of carboxylic acids is 1. The van der Waals surface area contributed by atoms with E-state index in [0.717, 1.165) is 5.39 Å². The van der Waals surface area contributed by atoms with E-state index in [9.17, 15) is 9.59 Å². The fourth-order valence-electron chi connectivity index (χ4n) is 2.54. The smallest absolute Gasteiger partial charge is 0.371 e. The highest BCUT2D eigenvalue weighted by Gasteiger charge is 2.11. The summed E-state index contributed by atoms with van der Waals surface area (Å²) < 4.78 is 6.72. The third-order valence-electron chi connectivity index (χ3n) is 3.87. The van der Waals surface area contributed by atoms with Crippen LogP contribution in [-0.4, -0.2) is 15.6 Å². The number of furan rings is 1. The first kappa shape index (κ1) is 15.1. The summed E-state index contributed by atoms with van der Waals surface area (Å²) in [7, 11) is 0. The SMILES string of the molecule is CC(C)c1ccc2c(=O)n(Cc3ccc(C(=O)O)o3)ccc2c1. The number of aromatic carboxylic acids is 1. The molecule has 1 N–H and O–H groups in total. The molecule has 0 aliphatic carbocycles. The van der Waals surface area contributed by atoms with E-state index in [4.69, 9.17) is 9.52 Å². The Kier molecular flexibility index (Phi) is 3.78. The Balaban J connectivity index is 1.98. The molecule has 0 aliphatic heterocycles. The van der Waals surface area contributed by atoms with Gasteiger partial charge in [-0.15, -0.1) is 0 Å². The predicted octanol–water partition coefficient (Wildman–Crippen LogP) is 3.46. The van der Waals surface area contributed by atoms with Crippen molar-refractivity contribution in [3.05, 3.63) is 70.0 Å². The van der Waals surface area contributed by atoms with Crippen LogP contribution in [-0.2, 0) is 6.54 Å². The minimum absolute atomic E-state index is 0.119. The van der Waals surface area contributed by atoms with Crippen LogP contribution in [0.15, 0.2) is 51.8 Å². The number of benzene rings is 1. The Labute approximate surface area is 132 Å². The summed E-state index contributed by atoms with van der Waals surface area (Å²) in [5, 5.41) is 10.4. The molecule has 0 aliphatic rings. The van der Waals surface area contributed by atoms with Gasteiger partial charge in [0, 0.05) is 11.6 Å². The summed E-state index contributed by atoms with van der Waals surface area (Å²) >= 11 is 0. The lowest BCUT2D eigenvalue weighted by Crippen LogP contribution is -2.19. The highest BCUT2D eigenvalue weighted by Crippen LogP contribution is 2.19. The van der Waals surface area contributed by atoms with Crippen LogP contribution >= 0.6 is 0 Å². The maximum atomic E-state index is 12.6. The summed E-state index contributed by atoms with van der Waals surface area (Å²) in [6.45, 7) is 4.42. The predicted molar refractivity (Wildman–Crippen MR) is 87.1 cm³/mol. The zero-order chi connectivity index (χ0) is 16.6. The Morgan fingerprint density at radius 2 is 2.00 bits per heavy atom. The van der Waals surface area contributed by atoms with Crippen molar-refractivity contribution in [1.29, 1.82) is 0 Å². The molecule has 0 bridgehead atoms. The number of carboxylic acid groups (broad SMARTS) is 1. The summed E-state index contributed by atoms with van der Waals surface area (Å²) in [5.74, 6) is -0.416. The van der Waals surface area contributed by atoms with Crippen LogP contribution in [0.25, 0.3) is 10.8 Å². The van der Waals surface area contributed by atoms with Crippen molar-refractivity contribution in [2.24, 2.45) is 0 Å². The lowest BCUT2D eigenvalue weighted by atomic mass is 10.0. The van der Waals surface area contributed by atoms with Gasteiger partial charge in [-0.05, 0) is 41.1 Å². The van der Waals surface area contributed by atoms with Gasteiger partial charge in [-0.2, -0.15) is 0 Å². The summed E-state index contributed by atoms with van der Waals surface area (Å²) in [5.41, 5.74) is 1.07. The minimum Gasteiger partial charge on any atom is -0.475 e. The fourth-order valence-corrected chi connectivity index (χ4v) is 2.54. The van der Waals surface area contributed by atoms with Crippen molar-refractivity contribution in [2.45, 2.75) is 26.3 Å². The highest BCUT2D eigenvalue weighted by molar-refractivity contribution is 5.84. The molecule has 5 nitrogen and oxygen atoms in total. The van der Waals surface area contributed by atoms with Gasteiger partial charge in [0.2, 0.25) is 5.76 Å². The van der Waals surface area contributed by atoms with Crippen molar-refractivity contribution in [3.8, 4) is 0 Å². The Hall–Kier alpha value is -2.82. The molecular weight excluding hydrogens is 294 g/mol. The molecule has 0 amide bonds. The molecule has 118 valence electrons. The van der Waals surface area contributed by atoms with Crippen LogP contribution in [0.4, 0.5) is 0 Å². The summed E-state index contributed by atoms with van der Waals surface area (Å²) in [6, 6.07) is 10.7. The Morgan fingerprint density at radius 1 is 1.22 bits per heavy atom. The second-order valence-electron chi connectivity index (χ2n) is 5.82. The molecule has 2 aromatic heterocycles. The van der Waals surface area contributed by atoms with Crippen molar-refractivity contribution >= 4 is 16.7 Å². The molecular formula is C18H17NO4. The number of pyridine rings is 1. The second-order valence-corrected chi connectivity index (χ2v) is 5.82. The Morgan fingerprint density at radius 3 is 2.65 bits per heavy atom. The lowest BCUT2D eigenvalue weighted by Gasteiger charge is -2.09. The van der Waals surface area contributed by atoms with E-state index in [1.165, 1.54) is 16.2 Å². The molecule has 0 unspecified atom stereocenters. The minimum atomic E-state index is -1.12. The second kappa shape index (κ2) is 5.76. The lowest BCUT2D eigenvalue weighted by molar-refractivity contribution is 0.0660. The van der Waals surface area contributed by atoms with Crippen LogP contribution in [0.5, 0.6) is 0 Å². The standard InChI is InChI=1S/C18H17NO4/c1-11(2)12-3-5-15-13(9-12)7-8-19(17(15)20)10-14-4-6-16(23-14)18(21)22/h3-9,11H,10H2,1-2H3,(H,21,22). The maximum absolute atomic E-state index is 12.6. The molecule has 5 heteroatoms. The number of hydrogen-bond donors (Lipinski definition) is 1. The number of rotatable bonds is 4. The Bertz CT molecular complexity index is 934. The molecule has 2 heterocycles. The van der Waals surface area contributed by atoms with Crippen LogP contribution in [0.2, 0.25) is 0 Å². The monoisotopic (exact) mass is 311 g/mol. The van der Waals surface area contributed by atoms with Crippen LogP contribution < -0.4 is 5.56 Å². The van der Waals surface area contributed by atoms with Gasteiger partial charge in [-0.25, -0.2) is 4.79 Å². The van der Waals surface area contributed by atoms with E-state index < -0.39 is 5.97 Å². The van der Waals surface area contributed by atoms with E-state index in [1.54, 1.807) is 12.3 Å². The molecule has 0 atom stereocenters. The fraction of sp³-hybridized carbons (Fsp3) is 0.222. The van der Waals surface area contributed by atoms with E-state index in [1.807, 2.05) is 24.3 Å². The van der Waals surface area contributed by atoms with E-state index in [0.29, 0.717) is 17.1 Å². The molecule has 1 aromatic carbocycles. The van der Waals surface area contributed by atoms with Crippen molar-refractivity contribution in [2.75, 3.05) is 0 Å². The topological polar surface area (TPSA) is 72.4 Å². The first-order valence-corrected chi connectivity index (χ1v) is 7.41. The summed E-state index contributed by atoms with van der Waals surface area (Å²) in [4.78, 5) is 23.4. The van der Waals surface area contributed by atoms with E-state index in [-0.39, 0.29) is 17.9 Å². The van der Waals surface area contributed by atoms with Crippen molar-refractivity contribution in [3.63, 3.8) is 0 Å². The van der Waals surface area contributed by atoms with Gasteiger partial charge in [0.05, 0.1) is 6.54 Å². The third kappa shape index (κ3) is 2.90. The summed E-state index contributed by atoms with van der Waals surface area (Å²) in [6.07, 6.45) is 1.71. The number of nitrogens with zero attached hydrogens (tertiary/aromatic N) is 1. The van der Waals surface area contributed by atoms with Crippen LogP contribution in [0, 0.1) is 0 Å². The van der Waals surface area contributed by atoms with E-state index >= 15 is 0 Å². The maximum Gasteiger partial charge on any atom is 0.371 e. The molecule has 3 rings (SSSR count). The van der Waals surface area contributed by atoms with Crippen LogP contribution in [0.3, 0.4) is 0 Å². The molecule has 0 radical (unpaired) electrons. The quantitative estimate of drug-likeness (QED) is 0.801. The zero-order valence-electron chi connectivity index (χ0n) is 12.9. The van der Waals surface area contributed by atoms with E-state index in [2.05, 4.69) is 13.8 Å². The number of aromatic nitrogens is 1. The zero-order valence-corrected chi connectivity index (χ0v) is 12.9. The first-order chi connectivity index (χ1) is 11.0. The highest BCUT2D eigenvalue weighted by atomic mass is 16.4. The number of hydrogen-bond acceptors (Lipinski definition) is 3. The molecule has 23 heavy (non-hydrogen) atoms. The van der Waals surface area contributed by atoms with Gasteiger partial charge in [0.15, 0.2) is 0 Å². The van der Waals surface area contributed by atoms with Crippen LogP contribution in [0.1, 0.15) is 41.6 Å². The largest absolute Gasteiger partial charge is 0.475 e. The molecule has 0 fully saturated rings. The number of fused-ring (bicyclic) bond motifs is 1. The molecule has 0 spiro atoms. The van der Waals surface area contributed by atoms with Gasteiger partial charge < -0.3 is 14.1 Å². The van der Waals surface area contributed by atoms with Gasteiger partial charge >= 0.3 is 5.97 Å². The van der Waals surface area contributed by atoms with Crippen molar-refractivity contribution in [1.82, 2.24) is 4.57 Å². The average Bonchev–Trinajstić information content (AvgIpc) is 2.98. The van der Waals surface area contributed by atoms with Gasteiger partial charge in [-0.3, -0.25) is 4.79 Å². The van der Waals surface area contributed by atoms with Gasteiger partial charge in [0.1, 0.15) is 5.76 Å². The number of carbonyl (C=O) groups is 1. The molecule has 3 aromatic rings. The molecule has 0 saturated carbocycles. The van der Waals surface area contributed by atoms with Crippen molar-refractivity contribution < 1.29 is 14.3 Å². The normalized spacial score (nSPS) is 11.3. The molecule has 0 saturated heterocycles. The average molecular weight is 311 g/mol.